The fourth-order valence-corrected chi connectivity index (χ4v) is 5.00. The van der Waals surface area contributed by atoms with E-state index in [4.69, 9.17) is 38.9 Å². The van der Waals surface area contributed by atoms with Gasteiger partial charge in [0.05, 0.1) is 40.9 Å². The van der Waals surface area contributed by atoms with Gasteiger partial charge in [-0.25, -0.2) is 9.59 Å². The quantitative estimate of drug-likeness (QED) is 0.213. The molecule has 4 aromatic rings. The van der Waals surface area contributed by atoms with Crippen LogP contribution in [0, 0.1) is 0 Å². The maximum atomic E-state index is 14.4. The number of ether oxygens (including phenoxy) is 7. The first-order valence-electron chi connectivity index (χ1n) is 14.5. The molecule has 0 saturated carbocycles. The maximum absolute atomic E-state index is 14.4. The summed E-state index contributed by atoms with van der Waals surface area (Å²) in [6.07, 6.45) is -0.671. The number of hydrogen-bond donors (Lipinski definition) is 2. The Kier molecular flexibility index (Phi) is 10.4. The molecule has 0 aliphatic rings. The van der Waals surface area contributed by atoms with Gasteiger partial charge >= 0.3 is 12.1 Å². The summed E-state index contributed by atoms with van der Waals surface area (Å²) in [5, 5.41) is 3.00. The molecule has 1 heterocycles. The summed E-state index contributed by atoms with van der Waals surface area (Å²) < 4.78 is 39.5. The van der Waals surface area contributed by atoms with Crippen LogP contribution < -0.4 is 40.3 Å². The normalized spacial score (nSPS) is 11.0. The fraction of sp³-hybridized carbons (Fsp3) is 0.294. The number of primary amides is 1. The highest BCUT2D eigenvalue weighted by Crippen LogP contribution is 2.45. The number of rotatable bonds is 11. The number of pyridine rings is 1. The lowest BCUT2D eigenvalue weighted by Crippen LogP contribution is -2.28. The van der Waals surface area contributed by atoms with Crippen molar-refractivity contribution in [3.05, 3.63) is 64.6 Å². The third kappa shape index (κ3) is 7.22. The van der Waals surface area contributed by atoms with E-state index in [1.54, 1.807) is 57.2 Å². The van der Waals surface area contributed by atoms with Gasteiger partial charge in [0.15, 0.2) is 29.6 Å². The molecule has 0 radical (unpaired) electrons. The molecule has 0 aliphatic carbocycles. The number of nitrogens with two attached hydrogens (primary N) is 1. The Balaban J connectivity index is 2.11. The first-order chi connectivity index (χ1) is 22.8. The molecule has 4 rings (SSSR count). The average Bonchev–Trinajstić information content (AvgIpc) is 3.05. The summed E-state index contributed by atoms with van der Waals surface area (Å²) in [6.45, 7) is 4.73. The van der Waals surface area contributed by atoms with Crippen molar-refractivity contribution in [1.82, 2.24) is 4.57 Å². The molecule has 14 heteroatoms. The van der Waals surface area contributed by atoms with Gasteiger partial charge in [0, 0.05) is 22.3 Å². The number of nitrogens with one attached hydrogen (secondary N) is 1. The maximum Gasteiger partial charge on any atom is 0.412 e. The summed E-state index contributed by atoms with van der Waals surface area (Å²) in [5.41, 5.74) is 5.05. The molecule has 0 bridgehead atoms. The number of carbonyl (C=O) groups excluding carboxylic acids is 3. The molecule has 0 unspecified atom stereocenters. The van der Waals surface area contributed by atoms with Crippen molar-refractivity contribution in [2.75, 3.05) is 47.5 Å². The summed E-state index contributed by atoms with van der Waals surface area (Å²) >= 11 is 0. The minimum atomic E-state index is -0.846. The van der Waals surface area contributed by atoms with Gasteiger partial charge in [-0.05, 0) is 74.9 Å². The zero-order valence-electron chi connectivity index (χ0n) is 27.8. The molecular formula is C34H37N3O11. The van der Waals surface area contributed by atoms with Crippen LogP contribution in [0.4, 0.5) is 10.5 Å². The molecule has 0 spiro atoms. The number of nitrogens with zero attached hydrogens (tertiary/aromatic N) is 1. The van der Waals surface area contributed by atoms with E-state index < -0.39 is 35.7 Å². The summed E-state index contributed by atoms with van der Waals surface area (Å²) in [5.74, 6) is -0.516. The smallest absolute Gasteiger partial charge is 0.412 e. The second-order valence-electron chi connectivity index (χ2n) is 11.2. The largest absolute Gasteiger partial charge is 0.493 e. The standard InChI is InChI=1S/C34H37N3O11/c1-34(2,3)48-33(41)36-19-9-11-20(12-10-19)37-29(32(40)46-8)28(18-13-25(43-5)30(45-7)26(14-18)44-6)21-15-23(42-4)24(47-17-27(35)38)16-22(21)31(37)39/h9-16H,17H2,1-8H3,(H2,35,38)(H,36,41). The van der Waals surface area contributed by atoms with Crippen LogP contribution in [0.3, 0.4) is 0 Å². The Morgan fingerprint density at radius 2 is 1.38 bits per heavy atom. The van der Waals surface area contributed by atoms with Gasteiger partial charge in [0.2, 0.25) is 5.75 Å². The SMILES string of the molecule is COC(=O)c1c(-c2cc(OC)c(OC)c(OC)c2)c2cc(OC)c(OCC(N)=O)cc2c(=O)n1-c1ccc(NC(=O)OC(C)(C)C)cc1. The molecule has 3 aromatic carbocycles. The monoisotopic (exact) mass is 663 g/mol. The number of carbonyl (C=O) groups is 3. The molecule has 1 aromatic heterocycles. The molecule has 2 amide bonds. The number of anilines is 1. The Bertz CT molecular complexity index is 1900. The zero-order valence-corrected chi connectivity index (χ0v) is 27.8. The fourth-order valence-electron chi connectivity index (χ4n) is 5.00. The van der Waals surface area contributed by atoms with Gasteiger partial charge in [-0.1, -0.05) is 0 Å². The van der Waals surface area contributed by atoms with Crippen molar-refractivity contribution >= 4 is 34.4 Å². The van der Waals surface area contributed by atoms with Crippen molar-refractivity contribution in [2.45, 2.75) is 26.4 Å². The highest BCUT2D eigenvalue weighted by Gasteiger charge is 2.28. The summed E-state index contributed by atoms with van der Waals surface area (Å²) in [4.78, 5) is 52.0. The molecule has 14 nitrogen and oxygen atoms in total. The predicted octanol–water partition coefficient (Wildman–Crippen LogP) is 4.69. The van der Waals surface area contributed by atoms with E-state index in [1.807, 2.05) is 0 Å². The Morgan fingerprint density at radius 3 is 1.88 bits per heavy atom. The van der Waals surface area contributed by atoms with Crippen molar-refractivity contribution < 1.29 is 47.5 Å². The number of amides is 2. The average molecular weight is 664 g/mol. The number of hydrogen-bond acceptors (Lipinski definition) is 11. The molecule has 0 fully saturated rings. The number of fused-ring (bicyclic) bond motifs is 1. The first kappa shape index (κ1) is 34.9. The highest BCUT2D eigenvalue weighted by molar-refractivity contribution is 6.08. The lowest BCUT2D eigenvalue weighted by atomic mass is 9.95. The van der Waals surface area contributed by atoms with Gasteiger partial charge in [0.1, 0.15) is 11.3 Å². The van der Waals surface area contributed by atoms with Gasteiger partial charge < -0.3 is 38.9 Å². The van der Waals surface area contributed by atoms with Crippen molar-refractivity contribution in [2.24, 2.45) is 5.73 Å². The second kappa shape index (κ2) is 14.2. The van der Waals surface area contributed by atoms with E-state index in [2.05, 4.69) is 5.32 Å². The molecular weight excluding hydrogens is 626 g/mol. The van der Waals surface area contributed by atoms with Crippen LogP contribution in [-0.4, -0.2) is 70.3 Å². The van der Waals surface area contributed by atoms with E-state index in [9.17, 15) is 19.2 Å². The van der Waals surface area contributed by atoms with E-state index in [-0.39, 0.29) is 50.7 Å². The van der Waals surface area contributed by atoms with E-state index >= 15 is 0 Å². The Labute approximate surface area is 276 Å². The zero-order chi connectivity index (χ0) is 35.3. The minimum absolute atomic E-state index is 0.0611. The van der Waals surface area contributed by atoms with E-state index in [0.29, 0.717) is 17.0 Å². The Hall–Kier alpha value is -5.92. The van der Waals surface area contributed by atoms with E-state index in [0.717, 1.165) is 0 Å². The van der Waals surface area contributed by atoms with Crippen LogP contribution in [0.15, 0.2) is 53.3 Å². The lowest BCUT2D eigenvalue weighted by Gasteiger charge is -2.22. The third-order valence-corrected chi connectivity index (χ3v) is 6.94. The van der Waals surface area contributed by atoms with Gasteiger partial charge in [-0.2, -0.15) is 0 Å². The Morgan fingerprint density at radius 1 is 0.792 bits per heavy atom. The summed E-state index contributed by atoms with van der Waals surface area (Å²) in [7, 11) is 6.91. The van der Waals surface area contributed by atoms with Crippen LogP contribution in [-0.2, 0) is 14.3 Å². The van der Waals surface area contributed by atoms with Crippen molar-refractivity contribution in [3.63, 3.8) is 0 Å². The molecule has 0 atom stereocenters. The number of aromatic nitrogens is 1. The van der Waals surface area contributed by atoms with Crippen molar-refractivity contribution in [3.8, 4) is 45.6 Å². The number of benzene rings is 3. The molecule has 254 valence electrons. The van der Waals surface area contributed by atoms with Crippen LogP contribution in [0.1, 0.15) is 31.3 Å². The second-order valence-corrected chi connectivity index (χ2v) is 11.2. The van der Waals surface area contributed by atoms with E-state index in [1.165, 1.54) is 52.2 Å². The highest BCUT2D eigenvalue weighted by atomic mass is 16.6. The minimum Gasteiger partial charge on any atom is -0.493 e. The topological polar surface area (TPSA) is 176 Å². The van der Waals surface area contributed by atoms with Gasteiger partial charge in [-0.3, -0.25) is 19.5 Å². The van der Waals surface area contributed by atoms with Gasteiger partial charge in [0.25, 0.3) is 11.5 Å². The van der Waals surface area contributed by atoms with Crippen LogP contribution in [0.2, 0.25) is 0 Å². The number of esters is 1. The van der Waals surface area contributed by atoms with Crippen LogP contribution in [0.5, 0.6) is 28.7 Å². The molecule has 3 N–H and O–H groups in total. The predicted molar refractivity (Wildman–Crippen MR) is 177 cm³/mol. The van der Waals surface area contributed by atoms with Crippen LogP contribution in [0.25, 0.3) is 27.6 Å². The lowest BCUT2D eigenvalue weighted by molar-refractivity contribution is -0.119. The summed E-state index contributed by atoms with van der Waals surface area (Å²) in [6, 6.07) is 12.3. The van der Waals surface area contributed by atoms with Crippen LogP contribution >= 0.6 is 0 Å². The molecule has 48 heavy (non-hydrogen) atoms. The molecule has 0 aliphatic heterocycles. The van der Waals surface area contributed by atoms with Gasteiger partial charge in [-0.15, -0.1) is 0 Å². The first-order valence-corrected chi connectivity index (χ1v) is 14.5. The third-order valence-electron chi connectivity index (χ3n) is 6.94. The molecule has 0 saturated heterocycles. The van der Waals surface area contributed by atoms with Crippen molar-refractivity contribution in [1.29, 1.82) is 0 Å². The number of methoxy groups -OCH3 is 5.